The van der Waals surface area contributed by atoms with E-state index in [4.69, 9.17) is 4.74 Å². The fraction of sp³-hybridized carbons (Fsp3) is 0.469. The summed E-state index contributed by atoms with van der Waals surface area (Å²) in [4.78, 5) is 12.5. The molecule has 0 atom stereocenters. The number of ether oxygens (including phenoxy) is 1. The fourth-order valence-corrected chi connectivity index (χ4v) is 7.56. The number of rotatable bonds is 3. The van der Waals surface area contributed by atoms with E-state index in [2.05, 4.69) is 51.0 Å². The van der Waals surface area contributed by atoms with Gasteiger partial charge in [-0.3, -0.25) is 0 Å². The van der Waals surface area contributed by atoms with Gasteiger partial charge in [0.25, 0.3) is 0 Å². The van der Waals surface area contributed by atoms with Crippen LogP contribution in [0, 0.1) is 0 Å². The average Bonchev–Trinajstić information content (AvgIpc) is 3.48. The second kappa shape index (κ2) is 9.36. The Morgan fingerprint density at radius 1 is 0.919 bits per heavy atom. The minimum absolute atomic E-state index is 0.259. The minimum atomic E-state index is -0.259. The lowest BCUT2D eigenvalue weighted by atomic mass is 9.81. The van der Waals surface area contributed by atoms with Gasteiger partial charge in [0.1, 0.15) is 0 Å². The first-order chi connectivity index (χ1) is 18.2. The molecule has 3 aliphatic rings. The molecule has 7 rings (SSSR count). The molecule has 5 heteroatoms. The van der Waals surface area contributed by atoms with Crippen molar-refractivity contribution in [3.63, 3.8) is 0 Å². The molecular weight excluding hydrogens is 458 g/mol. The number of carbonyl (C=O) groups is 1. The molecule has 0 bridgehead atoms. The van der Waals surface area contributed by atoms with Gasteiger partial charge in [-0.25, -0.2) is 4.79 Å². The molecule has 2 aromatic heterocycles. The summed E-state index contributed by atoms with van der Waals surface area (Å²) in [5, 5.41) is 6.30. The number of aromatic nitrogens is 2. The fourth-order valence-electron chi connectivity index (χ4n) is 7.56. The van der Waals surface area contributed by atoms with Crippen LogP contribution in [0.3, 0.4) is 0 Å². The monoisotopic (exact) mass is 495 g/mol. The van der Waals surface area contributed by atoms with Gasteiger partial charge < -0.3 is 19.2 Å². The van der Waals surface area contributed by atoms with Gasteiger partial charge in [-0.1, -0.05) is 43.5 Å². The first-order valence-corrected chi connectivity index (χ1v) is 14.3. The van der Waals surface area contributed by atoms with Gasteiger partial charge in [0, 0.05) is 41.1 Å². The molecule has 1 saturated carbocycles. The lowest BCUT2D eigenvalue weighted by Crippen LogP contribution is -2.26. The highest BCUT2D eigenvalue weighted by Gasteiger charge is 2.30. The van der Waals surface area contributed by atoms with E-state index >= 15 is 0 Å². The number of aryl methyl sites for hydroxylation is 2. The van der Waals surface area contributed by atoms with Gasteiger partial charge in [-0.15, -0.1) is 0 Å². The lowest BCUT2D eigenvalue weighted by Gasteiger charge is -2.25. The van der Waals surface area contributed by atoms with Crippen LogP contribution < -0.4 is 5.32 Å². The molecule has 1 saturated heterocycles. The Morgan fingerprint density at radius 3 is 2.57 bits per heavy atom. The summed E-state index contributed by atoms with van der Waals surface area (Å²) in [5.41, 5.74) is 9.05. The van der Waals surface area contributed by atoms with Gasteiger partial charge >= 0.3 is 5.97 Å². The zero-order chi connectivity index (χ0) is 24.9. The maximum Gasteiger partial charge on any atom is 0.337 e. The van der Waals surface area contributed by atoms with Crippen molar-refractivity contribution in [1.82, 2.24) is 14.5 Å². The van der Waals surface area contributed by atoms with E-state index in [1.54, 1.807) is 0 Å². The minimum Gasteiger partial charge on any atom is -0.465 e. The second-order valence-electron chi connectivity index (χ2n) is 11.3. The van der Waals surface area contributed by atoms with Crippen LogP contribution in [-0.2, 0) is 17.8 Å². The molecule has 0 amide bonds. The van der Waals surface area contributed by atoms with Crippen molar-refractivity contribution in [2.45, 2.75) is 76.3 Å². The quantitative estimate of drug-likeness (QED) is 0.312. The first-order valence-electron chi connectivity index (χ1n) is 14.3. The zero-order valence-electron chi connectivity index (χ0n) is 21.9. The Kier molecular flexibility index (Phi) is 5.84. The third-order valence-corrected chi connectivity index (χ3v) is 9.28. The smallest absolute Gasteiger partial charge is 0.337 e. The number of esters is 1. The Bertz CT molecular complexity index is 1480. The normalized spacial score (nSPS) is 19.1. The molecule has 4 heterocycles. The summed E-state index contributed by atoms with van der Waals surface area (Å²) in [7, 11) is 1.47. The van der Waals surface area contributed by atoms with Crippen LogP contribution in [0.15, 0.2) is 42.6 Å². The number of benzene rings is 2. The summed E-state index contributed by atoms with van der Waals surface area (Å²) in [5.74, 6) is 0.941. The summed E-state index contributed by atoms with van der Waals surface area (Å²) < 4.78 is 10.2. The predicted molar refractivity (Wildman–Crippen MR) is 149 cm³/mol. The van der Waals surface area contributed by atoms with Crippen molar-refractivity contribution in [3.05, 3.63) is 59.3 Å². The second-order valence-corrected chi connectivity index (χ2v) is 11.3. The van der Waals surface area contributed by atoms with Gasteiger partial charge in [0.15, 0.2) is 0 Å². The molecule has 0 radical (unpaired) electrons. The predicted octanol–water partition coefficient (Wildman–Crippen LogP) is 6.97. The van der Waals surface area contributed by atoms with E-state index < -0.39 is 0 Å². The number of nitrogens with one attached hydrogen (secondary N) is 1. The third-order valence-electron chi connectivity index (χ3n) is 9.28. The number of hydrogen-bond acceptors (Lipinski definition) is 3. The molecule has 2 aliphatic heterocycles. The van der Waals surface area contributed by atoms with Gasteiger partial charge in [-0.05, 0) is 80.3 Å². The van der Waals surface area contributed by atoms with E-state index in [1.807, 2.05) is 6.07 Å². The van der Waals surface area contributed by atoms with E-state index in [-0.39, 0.29) is 5.97 Å². The molecule has 37 heavy (non-hydrogen) atoms. The average molecular weight is 496 g/mol. The highest BCUT2D eigenvalue weighted by atomic mass is 16.5. The standard InChI is InChI=1S/C32H37N3O2/c1-37-32(36)23-11-12-25-28(19-23)35-18-6-17-34-20-27(21-13-15-33-16-14-21)24-9-5-10-26(30(24)34)31(35)29(25)22-7-3-2-4-8-22/h5,9-12,19-22,33H,2-4,6-8,13-18H2,1H3. The van der Waals surface area contributed by atoms with E-state index in [0.717, 1.165) is 32.6 Å². The lowest BCUT2D eigenvalue weighted by molar-refractivity contribution is 0.0601. The highest BCUT2D eigenvalue weighted by Crippen LogP contribution is 2.47. The van der Waals surface area contributed by atoms with Crippen LogP contribution in [0.5, 0.6) is 0 Å². The first kappa shape index (κ1) is 23.1. The Morgan fingerprint density at radius 2 is 1.76 bits per heavy atom. The number of hydrogen-bond donors (Lipinski definition) is 1. The molecule has 4 aromatic rings. The van der Waals surface area contributed by atoms with Crippen molar-refractivity contribution in [2.24, 2.45) is 0 Å². The Hall–Kier alpha value is -3.05. The molecule has 2 aromatic carbocycles. The molecule has 0 unspecified atom stereocenters. The Labute approximate surface area is 218 Å². The summed E-state index contributed by atoms with van der Waals surface area (Å²) in [6, 6.07) is 13.2. The van der Waals surface area contributed by atoms with Crippen LogP contribution in [0.25, 0.3) is 33.1 Å². The molecule has 1 N–H and O–H groups in total. The van der Waals surface area contributed by atoms with E-state index in [1.165, 1.54) is 96.2 Å². The highest BCUT2D eigenvalue weighted by molar-refractivity contribution is 6.03. The van der Waals surface area contributed by atoms with Crippen molar-refractivity contribution >= 4 is 27.8 Å². The van der Waals surface area contributed by atoms with Crippen molar-refractivity contribution in [3.8, 4) is 11.3 Å². The van der Waals surface area contributed by atoms with Gasteiger partial charge in [0.05, 0.1) is 23.9 Å². The number of para-hydroxylation sites is 1. The number of piperidine rings is 1. The number of carbonyl (C=O) groups excluding carboxylic acids is 1. The number of fused-ring (bicyclic) bond motifs is 4. The maximum absolute atomic E-state index is 12.5. The third kappa shape index (κ3) is 3.73. The molecule has 5 nitrogen and oxygen atoms in total. The maximum atomic E-state index is 12.5. The Balaban J connectivity index is 1.51. The molecule has 0 spiro atoms. The van der Waals surface area contributed by atoms with Crippen LogP contribution in [-0.4, -0.2) is 35.3 Å². The van der Waals surface area contributed by atoms with Crippen molar-refractivity contribution in [2.75, 3.05) is 20.2 Å². The molecule has 192 valence electrons. The molecular formula is C32H37N3O2. The van der Waals surface area contributed by atoms with Crippen LogP contribution >= 0.6 is 0 Å². The summed E-state index contributed by atoms with van der Waals surface area (Å²) >= 11 is 0. The van der Waals surface area contributed by atoms with Crippen molar-refractivity contribution in [1.29, 1.82) is 0 Å². The SMILES string of the molecule is COC(=O)c1ccc2c(C3CCCCC3)c3n(c2c1)CCCn1cc(C2CCNCC2)c2cccc-3c21. The molecule has 2 fully saturated rings. The van der Waals surface area contributed by atoms with Crippen LogP contribution in [0.4, 0.5) is 0 Å². The van der Waals surface area contributed by atoms with E-state index in [0.29, 0.717) is 17.4 Å². The van der Waals surface area contributed by atoms with Crippen LogP contribution in [0.1, 0.15) is 84.7 Å². The summed E-state index contributed by atoms with van der Waals surface area (Å²) in [6.07, 6.45) is 12.4. The summed E-state index contributed by atoms with van der Waals surface area (Å²) in [6.45, 7) is 4.20. The van der Waals surface area contributed by atoms with E-state index in [9.17, 15) is 4.79 Å². The number of nitrogens with zero attached hydrogens (tertiary/aromatic N) is 2. The topological polar surface area (TPSA) is 48.2 Å². The number of methoxy groups -OCH3 is 1. The van der Waals surface area contributed by atoms with Gasteiger partial charge in [-0.2, -0.15) is 0 Å². The zero-order valence-corrected chi connectivity index (χ0v) is 21.9. The molecule has 1 aliphatic carbocycles. The van der Waals surface area contributed by atoms with Gasteiger partial charge in [0.2, 0.25) is 0 Å². The largest absolute Gasteiger partial charge is 0.465 e. The van der Waals surface area contributed by atoms with Crippen molar-refractivity contribution < 1.29 is 9.53 Å². The van der Waals surface area contributed by atoms with Crippen LogP contribution in [0.2, 0.25) is 0 Å².